The quantitative estimate of drug-likeness (QED) is 0.724. The number of benzene rings is 1. The van der Waals surface area contributed by atoms with Crippen LogP contribution in [0.3, 0.4) is 0 Å². The molecule has 1 heterocycles. The van der Waals surface area contributed by atoms with E-state index in [9.17, 15) is 9.90 Å². The van der Waals surface area contributed by atoms with E-state index >= 15 is 0 Å². The minimum Gasteiger partial charge on any atom is -0.391 e. The van der Waals surface area contributed by atoms with Gasteiger partial charge in [0.15, 0.2) is 0 Å². The van der Waals surface area contributed by atoms with Crippen molar-refractivity contribution in [2.45, 2.75) is 57.2 Å². The fraction of sp³-hybridized carbons (Fsp3) is 0.632. The van der Waals surface area contributed by atoms with Gasteiger partial charge >= 0.3 is 6.03 Å². The van der Waals surface area contributed by atoms with Crippen LogP contribution in [0.5, 0.6) is 0 Å². The normalized spacial score (nSPS) is 24.2. The highest BCUT2D eigenvalue weighted by atomic mass is 16.3. The zero-order valence-corrected chi connectivity index (χ0v) is 14.3. The fourth-order valence-electron chi connectivity index (χ4n) is 3.75. The van der Waals surface area contributed by atoms with Crippen LogP contribution in [0.2, 0.25) is 0 Å². The molecular weight excluding hydrogens is 302 g/mol. The Labute approximate surface area is 144 Å². The molecule has 1 aromatic carbocycles. The van der Waals surface area contributed by atoms with Crippen LogP contribution in [0.4, 0.5) is 4.79 Å². The zero-order valence-electron chi connectivity index (χ0n) is 14.3. The molecule has 0 bridgehead atoms. The average molecular weight is 331 g/mol. The van der Waals surface area contributed by atoms with Gasteiger partial charge in [0.1, 0.15) is 0 Å². The van der Waals surface area contributed by atoms with Crippen molar-refractivity contribution >= 4 is 6.03 Å². The third kappa shape index (κ3) is 4.71. The number of amides is 2. The first-order valence-corrected chi connectivity index (χ1v) is 9.24. The maximum atomic E-state index is 11.9. The maximum Gasteiger partial charge on any atom is 0.315 e. The molecule has 0 spiro atoms. The molecule has 1 fully saturated rings. The van der Waals surface area contributed by atoms with Gasteiger partial charge in [-0.25, -0.2) is 4.79 Å². The number of carbonyl (C=O) groups is 1. The van der Waals surface area contributed by atoms with Crippen molar-refractivity contribution < 1.29 is 9.90 Å². The summed E-state index contributed by atoms with van der Waals surface area (Å²) in [6.45, 7) is 3.78. The molecular formula is C19H29N3O2. The molecule has 24 heavy (non-hydrogen) atoms. The van der Waals surface area contributed by atoms with Crippen LogP contribution in [0.15, 0.2) is 24.3 Å². The molecule has 5 heteroatoms. The van der Waals surface area contributed by atoms with Gasteiger partial charge in [-0.05, 0) is 36.8 Å². The Balaban J connectivity index is 1.32. The molecule has 0 radical (unpaired) electrons. The van der Waals surface area contributed by atoms with Crippen molar-refractivity contribution in [1.82, 2.24) is 15.5 Å². The Hall–Kier alpha value is -1.59. The molecule has 0 saturated heterocycles. The lowest BCUT2D eigenvalue weighted by Crippen LogP contribution is -2.49. The molecule has 1 aliphatic carbocycles. The molecule has 2 amide bonds. The van der Waals surface area contributed by atoms with E-state index in [-0.39, 0.29) is 12.1 Å². The fourth-order valence-corrected chi connectivity index (χ4v) is 3.75. The highest BCUT2D eigenvalue weighted by Crippen LogP contribution is 2.19. The van der Waals surface area contributed by atoms with Gasteiger partial charge in [0.2, 0.25) is 0 Å². The van der Waals surface area contributed by atoms with Gasteiger partial charge in [-0.2, -0.15) is 0 Å². The molecule has 3 rings (SSSR count). The molecule has 0 aromatic heterocycles. The van der Waals surface area contributed by atoms with Crippen LogP contribution >= 0.6 is 0 Å². The smallest absolute Gasteiger partial charge is 0.315 e. The lowest BCUT2D eigenvalue weighted by Gasteiger charge is -2.29. The molecule has 132 valence electrons. The highest BCUT2D eigenvalue weighted by molar-refractivity contribution is 5.74. The lowest BCUT2D eigenvalue weighted by molar-refractivity contribution is 0.0943. The van der Waals surface area contributed by atoms with Crippen LogP contribution in [-0.2, 0) is 13.0 Å². The van der Waals surface area contributed by atoms with E-state index in [1.807, 2.05) is 0 Å². The van der Waals surface area contributed by atoms with Crippen molar-refractivity contribution in [3.05, 3.63) is 35.4 Å². The number of fused-ring (bicyclic) bond motifs is 1. The molecule has 0 unspecified atom stereocenters. The SMILES string of the molecule is O=C(NCCCN1CCc2ccccc2C1)N[C@H]1CCCC[C@@H]1O. The predicted molar refractivity (Wildman–Crippen MR) is 94.8 cm³/mol. The van der Waals surface area contributed by atoms with Crippen molar-refractivity contribution in [3.8, 4) is 0 Å². The lowest BCUT2D eigenvalue weighted by atomic mass is 9.93. The Morgan fingerprint density at radius 1 is 1.21 bits per heavy atom. The Bertz CT molecular complexity index is 549. The molecule has 1 aliphatic heterocycles. The number of nitrogens with zero attached hydrogens (tertiary/aromatic N) is 1. The Kier molecular flexibility index (Phi) is 6.10. The van der Waals surface area contributed by atoms with E-state index in [0.29, 0.717) is 6.54 Å². The van der Waals surface area contributed by atoms with Gasteiger partial charge in [0.25, 0.3) is 0 Å². The summed E-state index contributed by atoms with van der Waals surface area (Å²) in [5, 5.41) is 15.7. The van der Waals surface area contributed by atoms with E-state index in [1.54, 1.807) is 0 Å². The molecule has 1 aromatic rings. The van der Waals surface area contributed by atoms with Crippen molar-refractivity contribution in [3.63, 3.8) is 0 Å². The molecule has 2 atom stereocenters. The minimum atomic E-state index is -0.391. The van der Waals surface area contributed by atoms with E-state index in [2.05, 4.69) is 39.8 Å². The number of carbonyl (C=O) groups excluding carboxylic acids is 1. The summed E-state index contributed by atoms with van der Waals surface area (Å²) in [5.74, 6) is 0. The van der Waals surface area contributed by atoms with Crippen LogP contribution < -0.4 is 10.6 Å². The average Bonchev–Trinajstić information content (AvgIpc) is 2.60. The second-order valence-corrected chi connectivity index (χ2v) is 7.01. The van der Waals surface area contributed by atoms with Gasteiger partial charge < -0.3 is 15.7 Å². The summed E-state index contributed by atoms with van der Waals surface area (Å²) in [7, 11) is 0. The largest absolute Gasteiger partial charge is 0.391 e. The molecule has 5 nitrogen and oxygen atoms in total. The number of rotatable bonds is 5. The molecule has 2 aliphatic rings. The number of aliphatic hydroxyl groups is 1. The predicted octanol–water partition coefficient (Wildman–Crippen LogP) is 2.04. The van der Waals surface area contributed by atoms with Crippen LogP contribution in [0.25, 0.3) is 0 Å². The molecule has 3 N–H and O–H groups in total. The Morgan fingerprint density at radius 3 is 2.83 bits per heavy atom. The number of hydrogen-bond donors (Lipinski definition) is 3. The van der Waals surface area contributed by atoms with Crippen molar-refractivity contribution in [2.75, 3.05) is 19.6 Å². The Morgan fingerprint density at radius 2 is 2.00 bits per heavy atom. The number of hydrogen-bond acceptors (Lipinski definition) is 3. The first-order valence-electron chi connectivity index (χ1n) is 9.24. The van der Waals surface area contributed by atoms with Gasteiger partial charge in [0, 0.05) is 26.2 Å². The first-order chi connectivity index (χ1) is 11.7. The number of aliphatic hydroxyl groups excluding tert-OH is 1. The topological polar surface area (TPSA) is 64.6 Å². The van der Waals surface area contributed by atoms with Crippen molar-refractivity contribution in [1.29, 1.82) is 0 Å². The monoisotopic (exact) mass is 331 g/mol. The summed E-state index contributed by atoms with van der Waals surface area (Å²) in [6, 6.07) is 8.41. The second kappa shape index (κ2) is 8.49. The minimum absolute atomic E-state index is 0.0858. The molecule has 1 saturated carbocycles. The van der Waals surface area contributed by atoms with Crippen LogP contribution in [0.1, 0.15) is 43.2 Å². The number of urea groups is 1. The zero-order chi connectivity index (χ0) is 16.8. The van der Waals surface area contributed by atoms with Gasteiger partial charge in [-0.3, -0.25) is 4.90 Å². The van der Waals surface area contributed by atoms with E-state index in [4.69, 9.17) is 0 Å². The van der Waals surface area contributed by atoms with E-state index in [1.165, 1.54) is 11.1 Å². The summed E-state index contributed by atoms with van der Waals surface area (Å²) < 4.78 is 0. The van der Waals surface area contributed by atoms with Crippen molar-refractivity contribution in [2.24, 2.45) is 0 Å². The third-order valence-corrected chi connectivity index (χ3v) is 5.19. The summed E-state index contributed by atoms with van der Waals surface area (Å²) in [5.41, 5.74) is 2.90. The van der Waals surface area contributed by atoms with Gasteiger partial charge in [-0.1, -0.05) is 37.1 Å². The van der Waals surface area contributed by atoms with E-state index < -0.39 is 6.10 Å². The first kappa shape index (κ1) is 17.2. The second-order valence-electron chi connectivity index (χ2n) is 7.01. The van der Waals surface area contributed by atoms with E-state index in [0.717, 1.165) is 58.2 Å². The summed E-state index contributed by atoms with van der Waals surface area (Å²) in [4.78, 5) is 14.4. The third-order valence-electron chi connectivity index (χ3n) is 5.19. The van der Waals surface area contributed by atoms with Crippen LogP contribution in [0, 0.1) is 0 Å². The highest BCUT2D eigenvalue weighted by Gasteiger charge is 2.24. The van der Waals surface area contributed by atoms with Crippen LogP contribution in [-0.4, -0.2) is 47.8 Å². The maximum absolute atomic E-state index is 11.9. The standard InChI is InChI=1S/C19H29N3O2/c23-18-9-4-3-8-17(18)21-19(24)20-11-5-12-22-13-10-15-6-1-2-7-16(15)14-22/h1-2,6-7,17-18,23H,3-5,8-14H2,(H2,20,21,24)/t17-,18-/m0/s1. The van der Waals surface area contributed by atoms with Gasteiger partial charge in [0.05, 0.1) is 12.1 Å². The summed E-state index contributed by atoms with van der Waals surface area (Å²) in [6.07, 6.45) is 5.48. The number of nitrogens with one attached hydrogen (secondary N) is 2. The van der Waals surface area contributed by atoms with Gasteiger partial charge in [-0.15, -0.1) is 0 Å². The summed E-state index contributed by atoms with van der Waals surface area (Å²) >= 11 is 0.